The van der Waals surface area contributed by atoms with Crippen molar-refractivity contribution in [3.63, 3.8) is 0 Å². The van der Waals surface area contributed by atoms with Crippen LogP contribution >= 0.6 is 0 Å². The molecule has 6 nitrogen and oxygen atoms in total. The molecule has 0 amide bonds. The number of anilines is 1. The van der Waals surface area contributed by atoms with Crippen LogP contribution in [0.5, 0.6) is 0 Å². The fourth-order valence-electron chi connectivity index (χ4n) is 1.31. The maximum Gasteiger partial charge on any atom is 0.161 e. The third kappa shape index (κ3) is 1.69. The van der Waals surface area contributed by atoms with E-state index < -0.39 is 0 Å². The number of H-pyrrole nitrogens is 1. The topological polar surface area (TPSA) is 81.0 Å². The maximum atomic E-state index is 6.80. The molecular weight excluding hydrogens is 192 g/mol. The Balaban J connectivity index is 2.46. The van der Waals surface area contributed by atoms with Gasteiger partial charge in [0.1, 0.15) is 18.2 Å². The molecule has 2 aromatic rings. The number of nitrogens with one attached hydrogen (secondary N) is 2. The highest BCUT2D eigenvalue weighted by molar-refractivity contribution is 5.93. The van der Waals surface area contributed by atoms with Gasteiger partial charge in [-0.3, -0.25) is 5.41 Å². The molecule has 0 aromatic carbocycles. The number of hydrogen-bond donors (Lipinski definition) is 2. The molecule has 15 heavy (non-hydrogen) atoms. The lowest BCUT2D eigenvalue weighted by atomic mass is 10.4. The highest BCUT2D eigenvalue weighted by Crippen LogP contribution is 2.18. The van der Waals surface area contributed by atoms with Crippen LogP contribution in [0.1, 0.15) is 0 Å². The number of aromatic nitrogens is 3. The van der Waals surface area contributed by atoms with E-state index in [1.54, 1.807) is 4.90 Å². The van der Waals surface area contributed by atoms with Crippen molar-refractivity contribution in [2.24, 2.45) is 4.99 Å². The molecule has 2 aromatic heterocycles. The molecule has 2 rings (SSSR count). The molecule has 0 fully saturated rings. The average molecular weight is 202 g/mol. The van der Waals surface area contributed by atoms with Crippen LogP contribution in [0.15, 0.2) is 23.6 Å². The highest BCUT2D eigenvalue weighted by atomic mass is 15.2. The zero-order valence-corrected chi connectivity index (χ0v) is 8.18. The van der Waals surface area contributed by atoms with E-state index in [1.165, 1.54) is 12.7 Å². The lowest BCUT2D eigenvalue weighted by Gasteiger charge is -2.11. The number of hydrogen-bond acceptors (Lipinski definition) is 3. The van der Waals surface area contributed by atoms with Crippen LogP contribution in [0.25, 0.3) is 11.0 Å². The van der Waals surface area contributed by atoms with Gasteiger partial charge in [-0.2, -0.15) is 0 Å². The molecule has 0 aliphatic heterocycles. The summed E-state index contributed by atoms with van der Waals surface area (Å²) in [7, 11) is 1.82. The normalized spacial score (nSPS) is 11.0. The van der Waals surface area contributed by atoms with E-state index in [0.29, 0.717) is 0 Å². The van der Waals surface area contributed by atoms with E-state index in [9.17, 15) is 0 Å². The van der Waals surface area contributed by atoms with Crippen LogP contribution in [-0.2, 0) is 0 Å². The Morgan fingerprint density at radius 2 is 2.40 bits per heavy atom. The zero-order chi connectivity index (χ0) is 10.7. The van der Waals surface area contributed by atoms with E-state index in [1.807, 2.05) is 19.3 Å². The maximum absolute atomic E-state index is 6.80. The van der Waals surface area contributed by atoms with Crippen molar-refractivity contribution < 1.29 is 0 Å². The first-order valence-corrected chi connectivity index (χ1v) is 4.36. The van der Waals surface area contributed by atoms with E-state index in [2.05, 4.69) is 19.9 Å². The predicted octanol–water partition coefficient (Wildman–Crippen LogP) is 1.03. The molecule has 0 unspecified atom stereocenters. The predicted molar refractivity (Wildman–Crippen MR) is 59.6 cm³/mol. The summed E-state index contributed by atoms with van der Waals surface area (Å²) in [5.41, 5.74) is 1.71. The second-order valence-corrected chi connectivity index (χ2v) is 2.94. The molecule has 0 aliphatic carbocycles. The van der Waals surface area contributed by atoms with Gasteiger partial charge < -0.3 is 9.88 Å². The van der Waals surface area contributed by atoms with Gasteiger partial charge in [-0.05, 0) is 6.07 Å². The van der Waals surface area contributed by atoms with E-state index >= 15 is 0 Å². The Kier molecular flexibility index (Phi) is 2.40. The Hall–Kier alpha value is -2.24. The minimum atomic E-state index is 0.732. The van der Waals surface area contributed by atoms with Crippen LogP contribution < -0.4 is 4.90 Å². The molecule has 0 radical (unpaired) electrons. The van der Waals surface area contributed by atoms with Gasteiger partial charge in [-0.15, -0.1) is 0 Å². The van der Waals surface area contributed by atoms with Crippen LogP contribution in [0, 0.1) is 5.41 Å². The fourth-order valence-corrected chi connectivity index (χ4v) is 1.31. The Morgan fingerprint density at radius 3 is 3.20 bits per heavy atom. The molecule has 0 saturated heterocycles. The standard InChI is InChI=1S/C9H10N6/c1-15(6-11-4-10)9-8-7(2-3-12-8)13-5-14-9/h2-6,10,12H,1H3. The summed E-state index contributed by atoms with van der Waals surface area (Å²) in [6, 6.07) is 1.88. The summed E-state index contributed by atoms with van der Waals surface area (Å²) < 4.78 is 0. The lowest BCUT2D eigenvalue weighted by Crippen LogP contribution is -2.16. The third-order valence-electron chi connectivity index (χ3n) is 1.97. The SMILES string of the molecule is CN(C=NC=N)c1ncnc2cc[nH]c12. The summed E-state index contributed by atoms with van der Waals surface area (Å²) in [5, 5.41) is 6.80. The lowest BCUT2D eigenvalue weighted by molar-refractivity contribution is 1.14. The van der Waals surface area contributed by atoms with Crippen LogP contribution in [0.3, 0.4) is 0 Å². The van der Waals surface area contributed by atoms with Gasteiger partial charge in [-0.1, -0.05) is 0 Å². The number of fused-ring (bicyclic) bond motifs is 1. The van der Waals surface area contributed by atoms with Crippen molar-refractivity contribution in [1.82, 2.24) is 15.0 Å². The first-order valence-electron chi connectivity index (χ1n) is 4.36. The van der Waals surface area contributed by atoms with Crippen molar-refractivity contribution >= 4 is 29.5 Å². The minimum Gasteiger partial charge on any atom is -0.357 e. The van der Waals surface area contributed by atoms with Gasteiger partial charge >= 0.3 is 0 Å². The molecule has 0 bridgehead atoms. The largest absolute Gasteiger partial charge is 0.357 e. The average Bonchev–Trinajstić information content (AvgIpc) is 2.73. The minimum absolute atomic E-state index is 0.732. The van der Waals surface area contributed by atoms with Crippen LogP contribution in [0.2, 0.25) is 0 Å². The monoisotopic (exact) mass is 202 g/mol. The second kappa shape index (κ2) is 3.87. The van der Waals surface area contributed by atoms with Crippen molar-refractivity contribution in [3.8, 4) is 0 Å². The summed E-state index contributed by atoms with van der Waals surface area (Å²) in [5.74, 6) is 0.732. The number of aromatic amines is 1. The van der Waals surface area contributed by atoms with E-state index in [-0.39, 0.29) is 0 Å². The Morgan fingerprint density at radius 1 is 1.53 bits per heavy atom. The van der Waals surface area contributed by atoms with Crippen molar-refractivity contribution in [2.75, 3.05) is 11.9 Å². The summed E-state index contributed by atoms with van der Waals surface area (Å²) in [4.78, 5) is 16.8. The van der Waals surface area contributed by atoms with Crippen LogP contribution in [-0.4, -0.2) is 34.7 Å². The van der Waals surface area contributed by atoms with E-state index in [0.717, 1.165) is 23.2 Å². The zero-order valence-electron chi connectivity index (χ0n) is 8.18. The van der Waals surface area contributed by atoms with Gasteiger partial charge in [0.25, 0.3) is 0 Å². The number of rotatable bonds is 3. The Labute approximate surface area is 86.2 Å². The molecule has 76 valence electrons. The van der Waals surface area contributed by atoms with Crippen molar-refractivity contribution in [1.29, 1.82) is 5.41 Å². The first-order chi connectivity index (χ1) is 7.33. The van der Waals surface area contributed by atoms with Gasteiger partial charge in [0.15, 0.2) is 5.82 Å². The number of nitrogens with zero attached hydrogens (tertiary/aromatic N) is 4. The molecule has 0 atom stereocenters. The molecule has 2 heterocycles. The summed E-state index contributed by atoms with van der Waals surface area (Å²) >= 11 is 0. The summed E-state index contributed by atoms with van der Waals surface area (Å²) in [6.45, 7) is 0. The van der Waals surface area contributed by atoms with Crippen molar-refractivity contribution in [2.45, 2.75) is 0 Å². The quantitative estimate of drug-likeness (QED) is 0.576. The first kappa shape index (κ1) is 9.32. The summed E-state index contributed by atoms with van der Waals surface area (Å²) in [6.07, 6.45) is 5.81. The fraction of sp³-hybridized carbons (Fsp3) is 0.111. The smallest absolute Gasteiger partial charge is 0.161 e. The van der Waals surface area contributed by atoms with Gasteiger partial charge in [0.2, 0.25) is 0 Å². The van der Waals surface area contributed by atoms with Gasteiger partial charge in [0.05, 0.1) is 11.9 Å². The molecule has 0 aliphatic rings. The molecular formula is C9H10N6. The molecule has 6 heteroatoms. The van der Waals surface area contributed by atoms with Crippen molar-refractivity contribution in [3.05, 3.63) is 18.6 Å². The van der Waals surface area contributed by atoms with Gasteiger partial charge in [0, 0.05) is 13.2 Å². The third-order valence-corrected chi connectivity index (χ3v) is 1.97. The second-order valence-electron chi connectivity index (χ2n) is 2.94. The highest BCUT2D eigenvalue weighted by Gasteiger charge is 2.06. The van der Waals surface area contributed by atoms with Gasteiger partial charge in [-0.25, -0.2) is 15.0 Å². The van der Waals surface area contributed by atoms with E-state index in [4.69, 9.17) is 5.41 Å². The molecule has 0 saturated carbocycles. The molecule has 0 spiro atoms. The van der Waals surface area contributed by atoms with Crippen LogP contribution in [0.4, 0.5) is 5.82 Å². The molecule has 2 N–H and O–H groups in total. The Bertz CT molecular complexity index is 500. The number of aliphatic imine (C=N–C) groups is 1.